The molecule has 1 aromatic carbocycles. The molecule has 0 aliphatic heterocycles. The molecule has 2 N–H and O–H groups in total. The van der Waals surface area contributed by atoms with Crippen LogP contribution in [0.15, 0.2) is 6.07 Å². The minimum Gasteiger partial charge on any atom is -0.478 e. The molecule has 1 unspecified atom stereocenters. The normalized spacial score (nSPS) is 15.3. The van der Waals surface area contributed by atoms with Gasteiger partial charge in [-0.1, -0.05) is 0 Å². The number of aryl methyl sites for hydroxylation is 1. The Morgan fingerprint density at radius 1 is 0.875 bits per heavy atom. The van der Waals surface area contributed by atoms with Gasteiger partial charge in [0, 0.05) is 5.56 Å². The molecule has 6 nitrogen and oxygen atoms in total. The number of carboxylic acids is 2. The van der Waals surface area contributed by atoms with Gasteiger partial charge in [-0.05, 0) is 41.4 Å². The average Bonchev–Trinajstić information content (AvgIpc) is 2.54. The summed E-state index contributed by atoms with van der Waals surface area (Å²) in [7, 11) is 0. The second kappa shape index (κ2) is 8.24. The van der Waals surface area contributed by atoms with E-state index in [1.165, 1.54) is 0 Å². The first-order chi connectivity index (χ1) is 14.0. The van der Waals surface area contributed by atoms with Crippen LogP contribution < -0.4 is 4.74 Å². The molecule has 0 aliphatic carbocycles. The maximum Gasteiger partial charge on any atom is 0.471 e. The monoisotopic (exact) mass is 554 g/mol. The third-order valence-corrected chi connectivity index (χ3v) is 4.33. The molecule has 1 rings (SSSR count). The van der Waals surface area contributed by atoms with Gasteiger partial charge in [0.25, 0.3) is 0 Å². The molecule has 0 radical (unpaired) electrons. The highest BCUT2D eigenvalue weighted by molar-refractivity contribution is 9.10. The molecule has 0 fully saturated rings. The van der Waals surface area contributed by atoms with E-state index in [1.54, 1.807) is 0 Å². The quantitative estimate of drug-likeness (QED) is 0.326. The Bertz CT molecular complexity index is 928. The van der Waals surface area contributed by atoms with E-state index in [0.717, 1.165) is 22.9 Å². The smallest absolute Gasteiger partial charge is 0.471 e. The zero-order valence-electron chi connectivity index (χ0n) is 15.3. The van der Waals surface area contributed by atoms with E-state index in [0.29, 0.717) is 13.0 Å². The lowest BCUT2D eigenvalue weighted by Crippen LogP contribution is -2.59. The summed E-state index contributed by atoms with van der Waals surface area (Å²) in [5.41, 5.74) is -3.30. The van der Waals surface area contributed by atoms with Crippen molar-refractivity contribution >= 4 is 27.9 Å². The van der Waals surface area contributed by atoms with Gasteiger partial charge >= 0.3 is 41.0 Å². The van der Waals surface area contributed by atoms with Gasteiger partial charge in [0.1, 0.15) is 11.3 Å². The molecular formula is C15H9BrF10O6. The van der Waals surface area contributed by atoms with Crippen LogP contribution in [0.2, 0.25) is 0 Å². The molecule has 0 saturated carbocycles. The summed E-state index contributed by atoms with van der Waals surface area (Å²) >= 11 is 1.10. The Morgan fingerprint density at radius 2 is 1.34 bits per heavy atom. The third-order valence-electron chi connectivity index (χ3n) is 3.71. The fourth-order valence-corrected chi connectivity index (χ4v) is 2.51. The number of carbonyl (C=O) groups is 2. The standard InChI is InChI=1S/C15H9BrF10O6/c1-4-3-6(9(27)28)8(5(2)7(4)10(29)30)31-15(25,26)12(16,19)32-14(23,24)11(17,18)13(20,21)22/h3H,1-2H3,(H,27,28)(H,29,30). The third kappa shape index (κ3) is 4.87. The van der Waals surface area contributed by atoms with Gasteiger partial charge in [0.15, 0.2) is 0 Å². The van der Waals surface area contributed by atoms with Crippen LogP contribution in [-0.2, 0) is 4.74 Å². The molecular weight excluding hydrogens is 546 g/mol. The van der Waals surface area contributed by atoms with Crippen LogP contribution >= 0.6 is 15.9 Å². The number of benzene rings is 1. The van der Waals surface area contributed by atoms with E-state index in [9.17, 15) is 53.5 Å². The Kier molecular flexibility index (Phi) is 7.14. The Morgan fingerprint density at radius 3 is 1.72 bits per heavy atom. The van der Waals surface area contributed by atoms with Gasteiger partial charge < -0.3 is 14.9 Å². The minimum absolute atomic E-state index is 0.318. The first-order valence-corrected chi connectivity index (χ1v) is 8.37. The maximum absolute atomic E-state index is 14.2. The van der Waals surface area contributed by atoms with E-state index in [-0.39, 0.29) is 5.56 Å². The van der Waals surface area contributed by atoms with Crippen molar-refractivity contribution in [2.45, 2.75) is 42.9 Å². The largest absolute Gasteiger partial charge is 0.478 e. The topological polar surface area (TPSA) is 93.1 Å². The van der Waals surface area contributed by atoms with Gasteiger partial charge in [-0.2, -0.15) is 43.9 Å². The predicted octanol–water partition coefficient (Wildman–Crippen LogP) is 5.50. The highest BCUT2D eigenvalue weighted by Gasteiger charge is 2.78. The van der Waals surface area contributed by atoms with Crippen LogP contribution in [0.4, 0.5) is 43.9 Å². The molecule has 182 valence electrons. The molecule has 32 heavy (non-hydrogen) atoms. The minimum atomic E-state index is -7.15. The summed E-state index contributed by atoms with van der Waals surface area (Å²) in [5, 5.41) is 18.2. The van der Waals surface area contributed by atoms with Gasteiger partial charge in [0.2, 0.25) is 0 Å². The molecule has 1 atom stereocenters. The van der Waals surface area contributed by atoms with Crippen molar-refractivity contribution in [1.29, 1.82) is 0 Å². The van der Waals surface area contributed by atoms with Crippen LogP contribution in [0.25, 0.3) is 0 Å². The highest BCUT2D eigenvalue weighted by Crippen LogP contribution is 2.52. The summed E-state index contributed by atoms with van der Waals surface area (Å²) in [6.07, 6.45) is -19.9. The Hall–Kier alpha value is -2.30. The van der Waals surface area contributed by atoms with E-state index in [4.69, 9.17) is 10.2 Å². The summed E-state index contributed by atoms with van der Waals surface area (Å²) < 4.78 is 132. The first kappa shape index (κ1) is 27.7. The van der Waals surface area contributed by atoms with Crippen molar-refractivity contribution in [2.75, 3.05) is 0 Å². The first-order valence-electron chi connectivity index (χ1n) is 7.58. The average molecular weight is 555 g/mol. The highest BCUT2D eigenvalue weighted by atomic mass is 79.9. The molecule has 0 aliphatic rings. The number of halogens is 11. The van der Waals surface area contributed by atoms with Gasteiger partial charge in [-0.15, -0.1) is 0 Å². The lowest BCUT2D eigenvalue weighted by atomic mass is 9.97. The van der Waals surface area contributed by atoms with E-state index >= 15 is 0 Å². The van der Waals surface area contributed by atoms with Crippen LogP contribution in [0.1, 0.15) is 31.8 Å². The molecule has 17 heteroatoms. The number of carboxylic acid groups (broad SMARTS) is 2. The van der Waals surface area contributed by atoms with Crippen molar-refractivity contribution in [3.05, 3.63) is 28.3 Å². The fraction of sp³-hybridized carbons (Fsp3) is 0.467. The van der Waals surface area contributed by atoms with E-state index in [1.807, 2.05) is 0 Å². The molecule has 0 amide bonds. The summed E-state index contributed by atoms with van der Waals surface area (Å²) in [4.78, 5) is 22.5. The second-order valence-electron chi connectivity index (χ2n) is 6.01. The van der Waals surface area contributed by atoms with Crippen molar-refractivity contribution in [2.24, 2.45) is 0 Å². The molecule has 0 saturated heterocycles. The van der Waals surface area contributed by atoms with Gasteiger partial charge in [0.05, 0.1) is 5.56 Å². The van der Waals surface area contributed by atoms with E-state index in [2.05, 4.69) is 9.47 Å². The SMILES string of the molecule is Cc1cc(C(=O)O)c(OC(F)(F)C(F)(Br)OC(F)(F)C(F)(F)C(F)(F)F)c(C)c1C(=O)O. The number of alkyl halides is 11. The Balaban J connectivity index is 3.54. The molecule has 0 heterocycles. The lowest BCUT2D eigenvalue weighted by molar-refractivity contribution is -0.466. The van der Waals surface area contributed by atoms with Crippen molar-refractivity contribution in [1.82, 2.24) is 0 Å². The van der Waals surface area contributed by atoms with Gasteiger partial charge in [-0.25, -0.2) is 9.59 Å². The number of rotatable bonds is 8. The number of hydrogen-bond donors (Lipinski definition) is 2. The number of hydrogen-bond acceptors (Lipinski definition) is 4. The van der Waals surface area contributed by atoms with Crippen LogP contribution in [0.5, 0.6) is 5.75 Å². The molecule has 0 spiro atoms. The molecule has 0 bridgehead atoms. The summed E-state index contributed by atoms with van der Waals surface area (Å²) in [5.74, 6) is -12.7. The second-order valence-corrected chi connectivity index (χ2v) is 7.03. The summed E-state index contributed by atoms with van der Waals surface area (Å²) in [6, 6.07) is 0.464. The van der Waals surface area contributed by atoms with Crippen molar-refractivity contribution < 1.29 is 73.2 Å². The maximum atomic E-state index is 14.2. The van der Waals surface area contributed by atoms with Crippen molar-refractivity contribution in [3.63, 3.8) is 0 Å². The van der Waals surface area contributed by atoms with Crippen LogP contribution in [0.3, 0.4) is 0 Å². The number of ether oxygens (including phenoxy) is 2. The van der Waals surface area contributed by atoms with Crippen LogP contribution in [-0.4, -0.2) is 51.2 Å². The zero-order chi connectivity index (χ0) is 25.7. The predicted molar refractivity (Wildman–Crippen MR) is 85.2 cm³/mol. The summed E-state index contributed by atoms with van der Waals surface area (Å²) in [6.45, 7) is 1.72. The Labute approximate surface area is 178 Å². The van der Waals surface area contributed by atoms with E-state index < -0.39 is 63.5 Å². The van der Waals surface area contributed by atoms with Crippen LogP contribution in [0, 0.1) is 13.8 Å². The van der Waals surface area contributed by atoms with Crippen molar-refractivity contribution in [3.8, 4) is 5.75 Å². The lowest BCUT2D eigenvalue weighted by Gasteiger charge is -2.34. The van der Waals surface area contributed by atoms with Gasteiger partial charge in [-0.3, -0.25) is 4.74 Å². The molecule has 0 aromatic heterocycles. The number of aromatic carboxylic acids is 2. The fourth-order valence-electron chi connectivity index (χ4n) is 2.22. The zero-order valence-corrected chi connectivity index (χ0v) is 16.8. The molecule has 1 aromatic rings.